The summed E-state index contributed by atoms with van der Waals surface area (Å²) in [6.45, 7) is 5.25. The van der Waals surface area contributed by atoms with Crippen molar-refractivity contribution in [3.05, 3.63) is 41.0 Å². The van der Waals surface area contributed by atoms with E-state index >= 15 is 0 Å². The number of nitrogens with zero attached hydrogens (tertiary/aromatic N) is 2. The Bertz CT molecular complexity index is 927. The number of aromatic nitrogens is 1. The first kappa shape index (κ1) is 21.9. The van der Waals surface area contributed by atoms with Crippen molar-refractivity contribution in [2.45, 2.75) is 51.9 Å². The number of aliphatic hydroxyl groups excluding tert-OH is 1. The Kier molecular flexibility index (Phi) is 6.84. The number of amides is 3. The van der Waals surface area contributed by atoms with E-state index in [4.69, 9.17) is 0 Å². The number of likely N-dealkylation sites (tertiary alicyclic amines) is 1. The smallest absolute Gasteiger partial charge is 0.245 e. The molecule has 3 N–H and O–H groups in total. The van der Waals surface area contributed by atoms with Gasteiger partial charge in [0.15, 0.2) is 0 Å². The summed E-state index contributed by atoms with van der Waals surface area (Å²) in [5.41, 5.74) is 4.80. The highest BCUT2D eigenvalue weighted by Gasteiger charge is 2.40. The van der Waals surface area contributed by atoms with Gasteiger partial charge in [-0.2, -0.15) is 0 Å². The molecule has 3 atom stereocenters. The van der Waals surface area contributed by atoms with Crippen LogP contribution in [-0.2, 0) is 20.9 Å². The van der Waals surface area contributed by atoms with Crippen molar-refractivity contribution < 1.29 is 19.5 Å². The molecule has 1 aliphatic rings. The molecule has 0 saturated carbocycles. The molecule has 3 rings (SSSR count). The maximum Gasteiger partial charge on any atom is 0.245 e. The molecule has 160 valence electrons. The van der Waals surface area contributed by atoms with Crippen LogP contribution in [0, 0.1) is 6.92 Å². The van der Waals surface area contributed by atoms with Crippen LogP contribution in [0.1, 0.15) is 31.5 Å². The van der Waals surface area contributed by atoms with Gasteiger partial charge in [0.05, 0.1) is 22.2 Å². The maximum atomic E-state index is 12.7. The van der Waals surface area contributed by atoms with Crippen LogP contribution in [0.2, 0.25) is 0 Å². The number of thiazole rings is 1. The van der Waals surface area contributed by atoms with Gasteiger partial charge in [0.25, 0.3) is 0 Å². The fraction of sp³-hybridized carbons (Fsp3) is 0.429. The first-order chi connectivity index (χ1) is 14.3. The van der Waals surface area contributed by atoms with Crippen molar-refractivity contribution in [3.63, 3.8) is 0 Å². The molecular weight excluding hydrogens is 404 g/mol. The van der Waals surface area contributed by atoms with E-state index < -0.39 is 18.2 Å². The van der Waals surface area contributed by atoms with Gasteiger partial charge >= 0.3 is 0 Å². The molecule has 2 heterocycles. The van der Waals surface area contributed by atoms with Gasteiger partial charge in [0, 0.05) is 26.4 Å². The molecule has 8 nitrogen and oxygen atoms in total. The van der Waals surface area contributed by atoms with Crippen LogP contribution < -0.4 is 10.6 Å². The van der Waals surface area contributed by atoms with Crippen molar-refractivity contribution in [1.82, 2.24) is 20.5 Å². The van der Waals surface area contributed by atoms with Crippen LogP contribution >= 0.6 is 11.3 Å². The molecule has 1 saturated heterocycles. The second-order valence-corrected chi connectivity index (χ2v) is 8.35. The van der Waals surface area contributed by atoms with E-state index in [1.807, 2.05) is 36.7 Å². The lowest BCUT2D eigenvalue weighted by atomic mass is 10.1. The van der Waals surface area contributed by atoms with E-state index in [-0.39, 0.29) is 30.7 Å². The number of aryl methyl sites for hydroxylation is 1. The molecule has 1 unspecified atom stereocenters. The standard InChI is InChI=1S/C21H26N4O4S/c1-12-19(30-11-23-12)16-6-4-15(5-7-16)9-22-20(28)18-8-17(27)10-25(18)21(29)13(2)24-14(3)26/h4-7,11,13,17-18,27H,8-10H2,1-3H3,(H,22,28)(H,24,26)/t13?,17-,18+/m1/s1. The average molecular weight is 431 g/mol. The van der Waals surface area contributed by atoms with Gasteiger partial charge in [-0.25, -0.2) is 4.98 Å². The van der Waals surface area contributed by atoms with E-state index in [0.29, 0.717) is 6.54 Å². The second-order valence-electron chi connectivity index (χ2n) is 7.50. The summed E-state index contributed by atoms with van der Waals surface area (Å²) in [5, 5.41) is 15.4. The number of β-amino-alcohol motifs (C(OH)–C–C–N with tert-alkyl or cyclic N) is 1. The fourth-order valence-corrected chi connectivity index (χ4v) is 4.39. The van der Waals surface area contributed by atoms with Gasteiger partial charge < -0.3 is 20.6 Å². The molecule has 0 bridgehead atoms. The predicted octanol–water partition coefficient (Wildman–Crippen LogP) is 1.22. The molecule has 2 aromatic rings. The topological polar surface area (TPSA) is 112 Å². The van der Waals surface area contributed by atoms with Gasteiger partial charge in [-0.05, 0) is 25.0 Å². The largest absolute Gasteiger partial charge is 0.391 e. The summed E-state index contributed by atoms with van der Waals surface area (Å²) in [4.78, 5) is 43.3. The number of nitrogens with one attached hydrogen (secondary N) is 2. The molecule has 1 fully saturated rings. The third-order valence-electron chi connectivity index (χ3n) is 5.08. The number of rotatable bonds is 6. The van der Waals surface area contributed by atoms with Crippen LogP contribution in [0.5, 0.6) is 0 Å². The normalized spacial score (nSPS) is 19.4. The summed E-state index contributed by atoms with van der Waals surface area (Å²) in [6.07, 6.45) is -0.593. The van der Waals surface area contributed by atoms with Crippen LogP contribution in [-0.4, -0.2) is 57.4 Å². The highest BCUT2D eigenvalue weighted by molar-refractivity contribution is 7.13. The van der Waals surface area contributed by atoms with Crippen molar-refractivity contribution in [2.75, 3.05) is 6.54 Å². The van der Waals surface area contributed by atoms with Crippen molar-refractivity contribution in [3.8, 4) is 10.4 Å². The van der Waals surface area contributed by atoms with Gasteiger partial charge in [0.1, 0.15) is 12.1 Å². The highest BCUT2D eigenvalue weighted by atomic mass is 32.1. The molecule has 1 aromatic heterocycles. The fourth-order valence-electron chi connectivity index (χ4n) is 3.58. The first-order valence-corrected chi connectivity index (χ1v) is 10.7. The maximum absolute atomic E-state index is 12.7. The highest BCUT2D eigenvalue weighted by Crippen LogP contribution is 2.27. The lowest BCUT2D eigenvalue weighted by molar-refractivity contribution is -0.141. The quantitative estimate of drug-likeness (QED) is 0.638. The summed E-state index contributed by atoms with van der Waals surface area (Å²) in [5.74, 6) is -1.03. The van der Waals surface area contributed by atoms with E-state index in [0.717, 1.165) is 21.7 Å². The summed E-state index contributed by atoms with van der Waals surface area (Å²) >= 11 is 1.58. The molecule has 1 aromatic carbocycles. The Morgan fingerprint density at radius 3 is 2.60 bits per heavy atom. The second kappa shape index (κ2) is 9.36. The molecule has 30 heavy (non-hydrogen) atoms. The minimum atomic E-state index is -0.767. The number of hydrogen-bond acceptors (Lipinski definition) is 6. The Balaban J connectivity index is 1.61. The molecule has 3 amide bonds. The summed E-state index contributed by atoms with van der Waals surface area (Å²) in [6, 6.07) is 6.35. The minimum absolute atomic E-state index is 0.0732. The monoisotopic (exact) mass is 430 g/mol. The average Bonchev–Trinajstić information content (AvgIpc) is 3.31. The SMILES string of the molecule is CC(=O)NC(C)C(=O)N1C[C@H](O)C[C@H]1C(=O)NCc1ccc(-c2scnc2C)cc1. The Morgan fingerprint density at radius 2 is 2.00 bits per heavy atom. The summed E-state index contributed by atoms with van der Waals surface area (Å²) < 4.78 is 0. The van der Waals surface area contributed by atoms with E-state index in [9.17, 15) is 19.5 Å². The van der Waals surface area contributed by atoms with Crippen molar-refractivity contribution >= 4 is 29.1 Å². The van der Waals surface area contributed by atoms with Crippen LogP contribution in [0.25, 0.3) is 10.4 Å². The van der Waals surface area contributed by atoms with Crippen LogP contribution in [0.15, 0.2) is 29.8 Å². The van der Waals surface area contributed by atoms with E-state index in [1.54, 1.807) is 18.3 Å². The minimum Gasteiger partial charge on any atom is -0.391 e. The predicted molar refractivity (Wildman–Crippen MR) is 114 cm³/mol. The number of carbonyl (C=O) groups is 3. The number of aliphatic hydroxyl groups is 1. The zero-order valence-electron chi connectivity index (χ0n) is 17.2. The number of benzene rings is 1. The zero-order valence-corrected chi connectivity index (χ0v) is 18.0. The van der Waals surface area contributed by atoms with Crippen LogP contribution in [0.3, 0.4) is 0 Å². The zero-order chi connectivity index (χ0) is 21.8. The molecule has 0 radical (unpaired) electrons. The number of hydrogen-bond donors (Lipinski definition) is 3. The Morgan fingerprint density at radius 1 is 1.30 bits per heavy atom. The van der Waals surface area contributed by atoms with Crippen molar-refractivity contribution in [2.24, 2.45) is 0 Å². The Hall–Kier alpha value is -2.78. The van der Waals surface area contributed by atoms with E-state index in [2.05, 4.69) is 15.6 Å². The lowest BCUT2D eigenvalue weighted by Gasteiger charge is -2.26. The van der Waals surface area contributed by atoms with Gasteiger partial charge in [0.2, 0.25) is 17.7 Å². The van der Waals surface area contributed by atoms with E-state index in [1.165, 1.54) is 11.8 Å². The molecule has 0 spiro atoms. The molecular formula is C21H26N4O4S. The van der Waals surface area contributed by atoms with Gasteiger partial charge in [-0.1, -0.05) is 24.3 Å². The van der Waals surface area contributed by atoms with Gasteiger partial charge in [-0.3, -0.25) is 14.4 Å². The van der Waals surface area contributed by atoms with Gasteiger partial charge in [-0.15, -0.1) is 11.3 Å². The van der Waals surface area contributed by atoms with Crippen LogP contribution in [0.4, 0.5) is 0 Å². The first-order valence-electron chi connectivity index (χ1n) is 9.79. The molecule has 1 aliphatic heterocycles. The number of carbonyl (C=O) groups excluding carboxylic acids is 3. The third kappa shape index (κ3) is 5.03. The molecule has 9 heteroatoms. The third-order valence-corrected chi connectivity index (χ3v) is 6.06. The van der Waals surface area contributed by atoms with Crippen molar-refractivity contribution in [1.29, 1.82) is 0 Å². The Labute approximate surface area is 179 Å². The molecule has 0 aliphatic carbocycles. The lowest BCUT2D eigenvalue weighted by Crippen LogP contribution is -2.52. The summed E-state index contributed by atoms with van der Waals surface area (Å²) in [7, 11) is 0.